The molecule has 1 heterocycles. The van der Waals surface area contributed by atoms with Crippen LogP contribution >= 0.6 is 0 Å². The predicted octanol–water partition coefficient (Wildman–Crippen LogP) is -3.69. The third kappa shape index (κ3) is 4.37. The van der Waals surface area contributed by atoms with Crippen molar-refractivity contribution in [3.8, 4) is 0 Å². The van der Waals surface area contributed by atoms with Crippen LogP contribution < -0.4 is 5.48 Å². The molecule has 5 N–H and O–H groups in total. The molecule has 18 heavy (non-hydrogen) atoms. The molecule has 0 radical (unpaired) electrons. The molecule has 1 unspecified atom stereocenters. The zero-order chi connectivity index (χ0) is 13.8. The van der Waals surface area contributed by atoms with Crippen molar-refractivity contribution in [1.82, 2.24) is 10.5 Å². The topological polar surface area (TPSA) is 149 Å². The fourth-order valence-corrected chi connectivity index (χ4v) is 1.01. The average molecular weight is 264 g/mol. The third-order valence-corrected chi connectivity index (χ3v) is 1.79. The van der Waals surface area contributed by atoms with Gasteiger partial charge in [0.25, 0.3) is 0 Å². The summed E-state index contributed by atoms with van der Waals surface area (Å²) in [7, 11) is 0. The molecule has 0 saturated carbocycles. The van der Waals surface area contributed by atoms with E-state index in [-0.39, 0.29) is 13.1 Å². The average Bonchev–Trinajstić information content (AvgIpc) is 2.28. The largest absolute Gasteiger partial charge is 0.368 e. The van der Waals surface area contributed by atoms with Gasteiger partial charge in [0.2, 0.25) is 6.23 Å². The molecule has 10 heteroatoms. The minimum Gasteiger partial charge on any atom is -0.368 e. The van der Waals surface area contributed by atoms with Crippen LogP contribution in [0.2, 0.25) is 0 Å². The van der Waals surface area contributed by atoms with Crippen LogP contribution in [0.3, 0.4) is 0 Å². The van der Waals surface area contributed by atoms with Crippen LogP contribution in [0.15, 0.2) is 12.2 Å². The van der Waals surface area contributed by atoms with Crippen molar-refractivity contribution in [3.05, 3.63) is 12.2 Å². The van der Waals surface area contributed by atoms with E-state index < -0.39 is 24.1 Å². The molecule has 0 spiro atoms. The molecule has 1 aliphatic heterocycles. The number of rotatable bonds is 2. The van der Waals surface area contributed by atoms with Gasteiger partial charge in [0.05, 0.1) is 6.54 Å². The smallest absolute Gasteiger partial charge is 0.350 e. The number of hydrogen-bond donors (Lipinski definition) is 5. The standard InChI is InChI=1S/C8H12N2O8/c11-5-1-2-6(12)18-10(4-3-9-17-5)7(13)8(14,15)16/h1-2,7,9,13-16H,3-4H2/b2-1-. The molecule has 0 aromatic heterocycles. The first-order valence-corrected chi connectivity index (χ1v) is 4.76. The molecule has 10 nitrogen and oxygen atoms in total. The second-order valence-corrected chi connectivity index (χ2v) is 3.26. The Morgan fingerprint density at radius 3 is 2.50 bits per heavy atom. The molecule has 0 saturated heterocycles. The van der Waals surface area contributed by atoms with Gasteiger partial charge in [-0.05, 0) is 0 Å². The van der Waals surface area contributed by atoms with Crippen LogP contribution in [0, 0.1) is 0 Å². The summed E-state index contributed by atoms with van der Waals surface area (Å²) in [4.78, 5) is 30.9. The molecule has 0 aliphatic carbocycles. The van der Waals surface area contributed by atoms with Gasteiger partial charge in [0.1, 0.15) is 0 Å². The van der Waals surface area contributed by atoms with Crippen LogP contribution in [0.4, 0.5) is 0 Å². The lowest BCUT2D eigenvalue weighted by molar-refractivity contribution is -0.409. The first-order chi connectivity index (χ1) is 8.30. The van der Waals surface area contributed by atoms with E-state index in [1.807, 2.05) is 0 Å². The van der Waals surface area contributed by atoms with Crippen LogP contribution in [0.25, 0.3) is 0 Å². The molecule has 1 rings (SSSR count). The SMILES string of the molecule is O=C1/C=C\C(=O)ON(C(O)C(O)(O)O)CCNO1. The van der Waals surface area contributed by atoms with Crippen LogP contribution in [-0.2, 0) is 19.3 Å². The molecule has 0 aromatic carbocycles. The van der Waals surface area contributed by atoms with Crippen molar-refractivity contribution in [2.45, 2.75) is 12.2 Å². The minimum atomic E-state index is -3.48. The summed E-state index contributed by atoms with van der Waals surface area (Å²) in [6.07, 6.45) is -0.843. The number of aliphatic hydroxyl groups is 4. The fraction of sp³-hybridized carbons (Fsp3) is 0.500. The Morgan fingerprint density at radius 1 is 1.28 bits per heavy atom. The molecule has 1 aliphatic rings. The van der Waals surface area contributed by atoms with Gasteiger partial charge in [0, 0.05) is 18.7 Å². The molecular formula is C8H12N2O8. The summed E-state index contributed by atoms with van der Waals surface area (Å²) in [6.45, 7) is -0.405. The highest BCUT2D eigenvalue weighted by molar-refractivity contribution is 5.91. The lowest BCUT2D eigenvalue weighted by Gasteiger charge is -2.30. The van der Waals surface area contributed by atoms with E-state index >= 15 is 0 Å². The Kier molecular flexibility index (Phi) is 4.72. The zero-order valence-corrected chi connectivity index (χ0v) is 9.02. The zero-order valence-electron chi connectivity index (χ0n) is 9.02. The highest BCUT2D eigenvalue weighted by atomic mass is 16.8. The molecule has 0 bridgehead atoms. The van der Waals surface area contributed by atoms with E-state index in [0.717, 1.165) is 6.08 Å². The number of carbonyl (C=O) groups is 2. The van der Waals surface area contributed by atoms with Gasteiger partial charge in [-0.1, -0.05) is 0 Å². The van der Waals surface area contributed by atoms with Crippen molar-refractivity contribution in [2.24, 2.45) is 0 Å². The van der Waals surface area contributed by atoms with E-state index in [1.54, 1.807) is 0 Å². The van der Waals surface area contributed by atoms with Crippen molar-refractivity contribution >= 4 is 11.9 Å². The normalized spacial score (nSPS) is 22.9. The molecule has 1 atom stereocenters. The predicted molar refractivity (Wildman–Crippen MR) is 51.4 cm³/mol. The summed E-state index contributed by atoms with van der Waals surface area (Å²) in [5, 5.41) is 36.0. The second kappa shape index (κ2) is 5.86. The van der Waals surface area contributed by atoms with Gasteiger partial charge in [-0.3, -0.25) is 0 Å². The number of aliphatic hydroxyl groups excluding tert-OH is 1. The summed E-state index contributed by atoms with van der Waals surface area (Å²) < 4.78 is 0. The summed E-state index contributed by atoms with van der Waals surface area (Å²) in [5.41, 5.74) is 2.17. The van der Waals surface area contributed by atoms with Gasteiger partial charge in [-0.15, -0.1) is 5.06 Å². The van der Waals surface area contributed by atoms with Crippen molar-refractivity contribution < 1.29 is 39.7 Å². The number of nitrogens with one attached hydrogen (secondary N) is 1. The Hall–Kier alpha value is -1.56. The first-order valence-electron chi connectivity index (χ1n) is 4.76. The van der Waals surface area contributed by atoms with Gasteiger partial charge in [-0.2, -0.15) is 5.48 Å². The maximum atomic E-state index is 11.2. The van der Waals surface area contributed by atoms with E-state index in [9.17, 15) is 14.7 Å². The number of carbonyl (C=O) groups excluding carboxylic acids is 2. The van der Waals surface area contributed by atoms with E-state index in [0.29, 0.717) is 11.1 Å². The lowest BCUT2D eigenvalue weighted by Crippen LogP contribution is -2.54. The van der Waals surface area contributed by atoms with Crippen LogP contribution in [0.5, 0.6) is 0 Å². The van der Waals surface area contributed by atoms with Crippen molar-refractivity contribution in [2.75, 3.05) is 13.1 Å². The van der Waals surface area contributed by atoms with Gasteiger partial charge >= 0.3 is 17.9 Å². The van der Waals surface area contributed by atoms with E-state index in [1.165, 1.54) is 0 Å². The van der Waals surface area contributed by atoms with Crippen LogP contribution in [-0.4, -0.2) is 62.7 Å². The Bertz CT molecular complexity index is 349. The quantitative estimate of drug-likeness (QED) is 0.315. The minimum absolute atomic E-state index is 0.111. The number of hydroxylamine groups is 3. The van der Waals surface area contributed by atoms with Gasteiger partial charge in [0.15, 0.2) is 0 Å². The number of nitrogens with zero attached hydrogens (tertiary/aromatic N) is 1. The molecular weight excluding hydrogens is 252 g/mol. The lowest BCUT2D eigenvalue weighted by atomic mass is 10.4. The maximum Gasteiger partial charge on any atom is 0.350 e. The summed E-state index contributed by atoms with van der Waals surface area (Å²) in [5.74, 6) is -5.39. The maximum absolute atomic E-state index is 11.2. The number of hydrogen-bond acceptors (Lipinski definition) is 10. The molecule has 102 valence electrons. The van der Waals surface area contributed by atoms with Crippen molar-refractivity contribution in [1.29, 1.82) is 0 Å². The Balaban J connectivity index is 2.76. The monoisotopic (exact) mass is 264 g/mol. The Labute approximate surface area is 101 Å². The highest BCUT2D eigenvalue weighted by Gasteiger charge is 2.38. The summed E-state index contributed by atoms with van der Waals surface area (Å²) >= 11 is 0. The molecule has 0 aromatic rings. The Morgan fingerprint density at radius 2 is 1.89 bits per heavy atom. The first kappa shape index (κ1) is 14.5. The fourth-order valence-electron chi connectivity index (χ4n) is 1.01. The van der Waals surface area contributed by atoms with Gasteiger partial charge < -0.3 is 30.1 Å². The third-order valence-electron chi connectivity index (χ3n) is 1.79. The van der Waals surface area contributed by atoms with Crippen molar-refractivity contribution in [3.63, 3.8) is 0 Å². The molecule has 0 fully saturated rings. The van der Waals surface area contributed by atoms with Crippen LogP contribution in [0.1, 0.15) is 0 Å². The second-order valence-electron chi connectivity index (χ2n) is 3.26. The molecule has 0 amide bonds. The van der Waals surface area contributed by atoms with E-state index in [2.05, 4.69) is 15.2 Å². The van der Waals surface area contributed by atoms with E-state index in [4.69, 9.17) is 15.3 Å². The summed E-state index contributed by atoms with van der Waals surface area (Å²) in [6, 6.07) is 0. The van der Waals surface area contributed by atoms with Gasteiger partial charge in [-0.25, -0.2) is 9.59 Å². The highest BCUT2D eigenvalue weighted by Crippen LogP contribution is 2.09.